The van der Waals surface area contributed by atoms with Crippen molar-refractivity contribution in [2.45, 2.75) is 32.1 Å². The van der Waals surface area contributed by atoms with Crippen molar-refractivity contribution >= 4 is 11.8 Å². The van der Waals surface area contributed by atoms with Crippen LogP contribution in [0.15, 0.2) is 0 Å². The number of hydrogen-bond donors (Lipinski definition) is 0. The summed E-state index contributed by atoms with van der Waals surface area (Å²) in [5.74, 6) is 0.154. The highest BCUT2D eigenvalue weighted by molar-refractivity contribution is 5.82. The summed E-state index contributed by atoms with van der Waals surface area (Å²) >= 11 is 0. The molecule has 0 aromatic rings. The van der Waals surface area contributed by atoms with Crippen LogP contribution in [0.25, 0.3) is 0 Å². The van der Waals surface area contributed by atoms with E-state index < -0.39 is 0 Å². The number of Topliss-reactive ketones (excluding diaryl/α,β-unsaturated/α-hetero) is 1. The van der Waals surface area contributed by atoms with E-state index in [2.05, 4.69) is 4.74 Å². The molecule has 2 saturated heterocycles. The molecule has 2 fully saturated rings. The third-order valence-electron chi connectivity index (χ3n) is 3.69. The van der Waals surface area contributed by atoms with E-state index >= 15 is 0 Å². The third kappa shape index (κ3) is 6.69. The molecule has 0 aromatic heterocycles. The number of nitriles is 1. The Kier molecular flexibility index (Phi) is 8.63. The fourth-order valence-electron chi connectivity index (χ4n) is 2.34. The van der Waals surface area contributed by atoms with Crippen LogP contribution < -0.4 is 0 Å². The van der Waals surface area contributed by atoms with Crippen LogP contribution in [0.5, 0.6) is 0 Å². The van der Waals surface area contributed by atoms with Gasteiger partial charge in [-0.15, -0.1) is 0 Å². The molecule has 2 aliphatic rings. The Bertz CT molecular complexity index is 365. The maximum atomic E-state index is 11.1. The van der Waals surface area contributed by atoms with Gasteiger partial charge in [0.25, 0.3) is 0 Å². The minimum absolute atomic E-state index is 0.0602. The first kappa shape index (κ1) is 17.6. The van der Waals surface area contributed by atoms with Crippen LogP contribution in [0.1, 0.15) is 32.1 Å². The van der Waals surface area contributed by atoms with E-state index in [1.54, 1.807) is 0 Å². The van der Waals surface area contributed by atoms with Gasteiger partial charge in [0.15, 0.2) is 0 Å². The van der Waals surface area contributed by atoms with E-state index in [9.17, 15) is 9.59 Å². The molecule has 0 aromatic carbocycles. The van der Waals surface area contributed by atoms with E-state index in [-0.39, 0.29) is 30.0 Å². The van der Waals surface area contributed by atoms with Gasteiger partial charge in [-0.1, -0.05) is 0 Å². The Hall–Kier alpha value is -1.45. The van der Waals surface area contributed by atoms with Crippen LogP contribution in [-0.2, 0) is 23.8 Å². The second-order valence-electron chi connectivity index (χ2n) is 5.10. The number of esters is 1. The normalized spacial score (nSPS) is 19.8. The van der Waals surface area contributed by atoms with Crippen LogP contribution in [0, 0.1) is 23.2 Å². The van der Waals surface area contributed by atoms with Crippen LogP contribution in [0.4, 0.5) is 0 Å². The van der Waals surface area contributed by atoms with E-state index in [1.165, 1.54) is 7.11 Å². The molecule has 0 saturated carbocycles. The van der Waals surface area contributed by atoms with E-state index in [0.29, 0.717) is 26.4 Å². The lowest BCUT2D eigenvalue weighted by Crippen LogP contribution is -2.24. The summed E-state index contributed by atoms with van der Waals surface area (Å²) in [5, 5.41) is 8.27. The van der Waals surface area contributed by atoms with Crippen molar-refractivity contribution in [2.24, 2.45) is 11.8 Å². The molecule has 2 heterocycles. The molecule has 0 N–H and O–H groups in total. The van der Waals surface area contributed by atoms with Crippen LogP contribution >= 0.6 is 0 Å². The van der Waals surface area contributed by atoms with Crippen LogP contribution in [0.2, 0.25) is 0 Å². The van der Waals surface area contributed by atoms with Crippen molar-refractivity contribution in [3.8, 4) is 6.07 Å². The van der Waals surface area contributed by atoms with Crippen molar-refractivity contribution in [3.63, 3.8) is 0 Å². The fourth-order valence-corrected chi connectivity index (χ4v) is 2.34. The molecule has 0 spiro atoms. The van der Waals surface area contributed by atoms with Gasteiger partial charge in [0, 0.05) is 32.3 Å². The molecule has 0 unspecified atom stereocenters. The molecule has 0 bridgehead atoms. The van der Waals surface area contributed by atoms with Crippen molar-refractivity contribution in [2.75, 3.05) is 33.5 Å². The zero-order valence-corrected chi connectivity index (χ0v) is 12.5. The summed E-state index contributed by atoms with van der Waals surface area (Å²) in [6.07, 6.45) is 3.27. The van der Waals surface area contributed by atoms with Crippen molar-refractivity contribution in [1.82, 2.24) is 0 Å². The minimum atomic E-state index is -0.0942. The fraction of sp³-hybridized carbons (Fsp3) is 0.800. The van der Waals surface area contributed by atoms with Crippen LogP contribution in [0.3, 0.4) is 0 Å². The highest BCUT2D eigenvalue weighted by Crippen LogP contribution is 2.16. The van der Waals surface area contributed by atoms with Gasteiger partial charge in [0.1, 0.15) is 5.78 Å². The van der Waals surface area contributed by atoms with Gasteiger partial charge < -0.3 is 14.2 Å². The third-order valence-corrected chi connectivity index (χ3v) is 3.69. The molecule has 118 valence electrons. The Balaban J connectivity index is 0.000000211. The summed E-state index contributed by atoms with van der Waals surface area (Å²) in [6.45, 7) is 2.73. The first-order valence-corrected chi connectivity index (χ1v) is 7.32. The maximum Gasteiger partial charge on any atom is 0.308 e. The SMILES string of the molecule is COC(=O)C1CCOCC1.N#CCC(=O)C1CCOCC1. The first-order chi connectivity index (χ1) is 10.2. The summed E-state index contributed by atoms with van der Waals surface area (Å²) in [4.78, 5) is 22.0. The van der Waals surface area contributed by atoms with E-state index in [1.807, 2.05) is 6.07 Å². The van der Waals surface area contributed by atoms with Crippen molar-refractivity contribution < 1.29 is 23.8 Å². The molecular weight excluding hydrogens is 274 g/mol. The van der Waals surface area contributed by atoms with Crippen molar-refractivity contribution in [3.05, 3.63) is 0 Å². The van der Waals surface area contributed by atoms with Gasteiger partial charge in [-0.3, -0.25) is 9.59 Å². The second-order valence-corrected chi connectivity index (χ2v) is 5.10. The molecule has 0 aliphatic carbocycles. The lowest BCUT2D eigenvalue weighted by molar-refractivity contribution is -0.148. The molecule has 0 radical (unpaired) electrons. The average molecular weight is 297 g/mol. The van der Waals surface area contributed by atoms with Gasteiger partial charge in [0.05, 0.1) is 25.5 Å². The highest BCUT2D eigenvalue weighted by atomic mass is 16.5. The monoisotopic (exact) mass is 297 g/mol. The number of ether oxygens (including phenoxy) is 3. The summed E-state index contributed by atoms with van der Waals surface area (Å²) in [6, 6.07) is 1.87. The minimum Gasteiger partial charge on any atom is -0.469 e. The van der Waals surface area contributed by atoms with Gasteiger partial charge in [-0.25, -0.2) is 0 Å². The number of rotatable bonds is 3. The maximum absolute atomic E-state index is 11.1. The quantitative estimate of drug-likeness (QED) is 0.733. The molecule has 2 aliphatic heterocycles. The Morgan fingerprint density at radius 3 is 1.95 bits per heavy atom. The van der Waals surface area contributed by atoms with E-state index in [4.69, 9.17) is 14.7 Å². The lowest BCUT2D eigenvalue weighted by atomic mass is 9.94. The number of carbonyl (C=O) groups excluding carboxylic acids is 2. The number of carbonyl (C=O) groups is 2. The predicted octanol–water partition coefficient (Wildman–Crippen LogP) is 1.48. The average Bonchev–Trinajstić information content (AvgIpc) is 2.56. The first-order valence-electron chi connectivity index (χ1n) is 7.32. The molecule has 21 heavy (non-hydrogen) atoms. The van der Waals surface area contributed by atoms with E-state index in [0.717, 1.165) is 25.7 Å². The number of ketones is 1. The van der Waals surface area contributed by atoms with Gasteiger partial charge in [-0.05, 0) is 25.7 Å². The Morgan fingerprint density at radius 2 is 1.52 bits per heavy atom. The number of hydrogen-bond acceptors (Lipinski definition) is 6. The highest BCUT2D eigenvalue weighted by Gasteiger charge is 2.21. The van der Waals surface area contributed by atoms with Crippen LogP contribution in [-0.4, -0.2) is 45.3 Å². The lowest BCUT2D eigenvalue weighted by Gasteiger charge is -2.19. The number of nitrogens with zero attached hydrogens (tertiary/aromatic N) is 1. The second kappa shape index (κ2) is 10.3. The van der Waals surface area contributed by atoms with Gasteiger partial charge in [0.2, 0.25) is 0 Å². The molecule has 6 nitrogen and oxygen atoms in total. The Morgan fingerprint density at radius 1 is 1.05 bits per heavy atom. The Labute approximate surface area is 125 Å². The zero-order valence-electron chi connectivity index (χ0n) is 12.5. The predicted molar refractivity (Wildman–Crippen MR) is 74.3 cm³/mol. The molecule has 6 heteroatoms. The molecule has 0 atom stereocenters. The largest absolute Gasteiger partial charge is 0.469 e. The van der Waals surface area contributed by atoms with Gasteiger partial charge in [-0.2, -0.15) is 5.26 Å². The van der Waals surface area contributed by atoms with Gasteiger partial charge >= 0.3 is 5.97 Å². The summed E-state index contributed by atoms with van der Waals surface area (Å²) < 4.78 is 14.8. The van der Waals surface area contributed by atoms with Crippen molar-refractivity contribution in [1.29, 1.82) is 5.26 Å². The number of methoxy groups -OCH3 is 1. The topological polar surface area (TPSA) is 85.6 Å². The molecule has 2 rings (SSSR count). The molecule has 0 amide bonds. The smallest absolute Gasteiger partial charge is 0.308 e. The molecular formula is C15H23NO5. The zero-order chi connectivity index (χ0) is 15.5. The summed E-state index contributed by atoms with van der Waals surface area (Å²) in [5.41, 5.74) is 0. The summed E-state index contributed by atoms with van der Waals surface area (Å²) in [7, 11) is 1.43. The standard InChI is InChI=1S/C8H11NO2.C7H12O3/c9-4-1-8(10)7-2-5-11-6-3-7;1-9-7(8)6-2-4-10-5-3-6/h7H,1-3,5-6H2;6H,2-5H2,1H3.